The van der Waals surface area contributed by atoms with Crippen molar-refractivity contribution in [3.63, 3.8) is 0 Å². The van der Waals surface area contributed by atoms with Gasteiger partial charge in [-0.15, -0.1) is 0 Å². The smallest absolute Gasteiger partial charge is 0.337 e. The molecule has 178 valence electrons. The molecule has 4 fully saturated rings. The van der Waals surface area contributed by atoms with E-state index in [4.69, 9.17) is 4.74 Å². The molecule has 2 aromatic rings. The standard InChI is InChI=1S/C28H32N2O4/c1-34-26(32)24-8-4-18(5-9-24)16-29-25(31)23-6-2-19(3-7-23)17-30-27(33)28-13-20-10-21(14-28)12-22(11-20)15-28/h2-9,20-22H,10-17H2,1H3,(H,29,31)(H,30,33). The maximum Gasteiger partial charge on any atom is 0.337 e. The Hall–Kier alpha value is -3.15. The molecular weight excluding hydrogens is 428 g/mol. The molecule has 4 aliphatic carbocycles. The highest BCUT2D eigenvalue weighted by molar-refractivity contribution is 5.94. The van der Waals surface area contributed by atoms with E-state index in [1.165, 1.54) is 26.4 Å². The number of nitrogens with one attached hydrogen (secondary N) is 2. The van der Waals surface area contributed by atoms with Gasteiger partial charge in [-0.05, 0) is 91.7 Å². The number of benzene rings is 2. The summed E-state index contributed by atoms with van der Waals surface area (Å²) in [6.45, 7) is 0.859. The molecule has 4 bridgehead atoms. The van der Waals surface area contributed by atoms with E-state index in [-0.39, 0.29) is 23.2 Å². The van der Waals surface area contributed by atoms with Crippen LogP contribution >= 0.6 is 0 Å². The molecule has 0 radical (unpaired) electrons. The van der Waals surface area contributed by atoms with Gasteiger partial charge in [0.2, 0.25) is 5.91 Å². The monoisotopic (exact) mass is 460 g/mol. The van der Waals surface area contributed by atoms with Gasteiger partial charge in [0.05, 0.1) is 12.7 Å². The van der Waals surface area contributed by atoms with Crippen LogP contribution in [-0.4, -0.2) is 24.9 Å². The van der Waals surface area contributed by atoms with Gasteiger partial charge in [0.25, 0.3) is 5.91 Å². The Morgan fingerprint density at radius 1 is 0.765 bits per heavy atom. The molecule has 6 heteroatoms. The van der Waals surface area contributed by atoms with E-state index in [0.29, 0.717) is 24.2 Å². The predicted octanol–water partition coefficient (Wildman–Crippen LogP) is 4.24. The lowest BCUT2D eigenvalue weighted by atomic mass is 9.49. The third-order valence-electron chi connectivity index (χ3n) is 8.02. The minimum absolute atomic E-state index is 0.135. The van der Waals surface area contributed by atoms with Crippen LogP contribution in [0.5, 0.6) is 0 Å². The molecule has 6 nitrogen and oxygen atoms in total. The van der Waals surface area contributed by atoms with E-state index < -0.39 is 0 Å². The van der Waals surface area contributed by atoms with Gasteiger partial charge in [0.15, 0.2) is 0 Å². The zero-order valence-corrected chi connectivity index (χ0v) is 19.6. The molecule has 0 aromatic heterocycles. The number of methoxy groups -OCH3 is 1. The van der Waals surface area contributed by atoms with Gasteiger partial charge < -0.3 is 15.4 Å². The molecule has 6 rings (SSSR count). The Bertz CT molecular complexity index is 1040. The minimum Gasteiger partial charge on any atom is -0.465 e. The lowest BCUT2D eigenvalue weighted by Crippen LogP contribution is -2.53. The zero-order chi connectivity index (χ0) is 23.7. The molecule has 0 aliphatic heterocycles. The highest BCUT2D eigenvalue weighted by atomic mass is 16.5. The first-order valence-corrected chi connectivity index (χ1v) is 12.3. The Morgan fingerprint density at radius 3 is 1.74 bits per heavy atom. The van der Waals surface area contributed by atoms with E-state index >= 15 is 0 Å². The Morgan fingerprint density at radius 2 is 1.24 bits per heavy atom. The van der Waals surface area contributed by atoms with Crippen LogP contribution in [0.15, 0.2) is 48.5 Å². The molecule has 0 atom stereocenters. The minimum atomic E-state index is -0.384. The van der Waals surface area contributed by atoms with Crippen LogP contribution in [0, 0.1) is 23.2 Å². The topological polar surface area (TPSA) is 84.5 Å². The molecule has 4 aliphatic rings. The van der Waals surface area contributed by atoms with Gasteiger partial charge in [0, 0.05) is 24.1 Å². The van der Waals surface area contributed by atoms with Gasteiger partial charge in [0.1, 0.15) is 0 Å². The number of esters is 1. The molecule has 2 aromatic carbocycles. The number of hydrogen-bond acceptors (Lipinski definition) is 4. The highest BCUT2D eigenvalue weighted by Gasteiger charge is 2.54. The Kier molecular flexibility index (Phi) is 6.15. The summed E-state index contributed by atoms with van der Waals surface area (Å²) in [5, 5.41) is 6.09. The van der Waals surface area contributed by atoms with E-state index in [2.05, 4.69) is 10.6 Å². The quantitative estimate of drug-likeness (QED) is 0.606. The fourth-order valence-corrected chi connectivity index (χ4v) is 6.69. The number of ether oxygens (including phenoxy) is 1. The SMILES string of the molecule is COC(=O)c1ccc(CNC(=O)c2ccc(CNC(=O)C34CC5CC(CC(C5)C3)C4)cc2)cc1. The summed E-state index contributed by atoms with van der Waals surface area (Å²) in [5.74, 6) is 1.93. The molecule has 0 heterocycles. The van der Waals surface area contributed by atoms with Gasteiger partial charge in [-0.3, -0.25) is 9.59 Å². The number of rotatable bonds is 7. The number of amides is 2. The summed E-state index contributed by atoms with van der Waals surface area (Å²) in [7, 11) is 1.35. The average molecular weight is 461 g/mol. The lowest BCUT2D eigenvalue weighted by Gasteiger charge is -2.55. The Labute approximate surface area is 200 Å². The molecule has 0 spiro atoms. The van der Waals surface area contributed by atoms with Crippen molar-refractivity contribution in [1.29, 1.82) is 0 Å². The van der Waals surface area contributed by atoms with Crippen LogP contribution in [0.2, 0.25) is 0 Å². The van der Waals surface area contributed by atoms with E-state index in [1.54, 1.807) is 36.4 Å². The second-order valence-corrected chi connectivity index (χ2v) is 10.4. The van der Waals surface area contributed by atoms with Crippen molar-refractivity contribution < 1.29 is 19.1 Å². The van der Waals surface area contributed by atoms with Crippen molar-refractivity contribution >= 4 is 17.8 Å². The summed E-state index contributed by atoms with van der Waals surface area (Å²) in [4.78, 5) is 37.2. The second-order valence-electron chi connectivity index (χ2n) is 10.4. The first-order chi connectivity index (χ1) is 16.4. The van der Waals surface area contributed by atoms with Crippen molar-refractivity contribution in [3.05, 3.63) is 70.8 Å². The van der Waals surface area contributed by atoms with E-state index in [9.17, 15) is 14.4 Å². The molecule has 2 N–H and O–H groups in total. The van der Waals surface area contributed by atoms with Crippen LogP contribution in [0.3, 0.4) is 0 Å². The number of carbonyl (C=O) groups is 3. The van der Waals surface area contributed by atoms with Gasteiger partial charge in [-0.1, -0.05) is 24.3 Å². The fraction of sp³-hybridized carbons (Fsp3) is 0.464. The van der Waals surface area contributed by atoms with Gasteiger partial charge in [-0.2, -0.15) is 0 Å². The average Bonchev–Trinajstić information content (AvgIpc) is 2.85. The molecule has 2 amide bonds. The maximum absolute atomic E-state index is 13.1. The zero-order valence-electron chi connectivity index (χ0n) is 19.6. The van der Waals surface area contributed by atoms with Crippen LogP contribution in [0.4, 0.5) is 0 Å². The summed E-state index contributed by atoms with van der Waals surface area (Å²) in [6, 6.07) is 14.3. The summed E-state index contributed by atoms with van der Waals surface area (Å²) >= 11 is 0. The van der Waals surface area contributed by atoms with Gasteiger partial charge in [-0.25, -0.2) is 4.79 Å². The van der Waals surface area contributed by atoms with E-state index in [0.717, 1.165) is 48.1 Å². The third-order valence-corrected chi connectivity index (χ3v) is 8.02. The number of hydrogen-bond donors (Lipinski definition) is 2. The van der Waals surface area contributed by atoms with Crippen molar-refractivity contribution in [2.75, 3.05) is 7.11 Å². The molecular formula is C28H32N2O4. The molecule has 34 heavy (non-hydrogen) atoms. The van der Waals surface area contributed by atoms with Crippen LogP contribution in [0.1, 0.15) is 70.4 Å². The van der Waals surface area contributed by atoms with Crippen molar-refractivity contribution in [2.45, 2.75) is 51.6 Å². The van der Waals surface area contributed by atoms with Crippen LogP contribution < -0.4 is 10.6 Å². The first kappa shape index (κ1) is 22.6. The normalized spacial score (nSPS) is 26.7. The summed E-state index contributed by atoms with van der Waals surface area (Å²) in [5.41, 5.74) is 2.80. The maximum atomic E-state index is 13.1. The lowest BCUT2D eigenvalue weighted by molar-refractivity contribution is -0.146. The second kappa shape index (κ2) is 9.24. The van der Waals surface area contributed by atoms with E-state index in [1.807, 2.05) is 12.1 Å². The van der Waals surface area contributed by atoms with Crippen molar-refractivity contribution in [3.8, 4) is 0 Å². The first-order valence-electron chi connectivity index (χ1n) is 12.3. The van der Waals surface area contributed by atoms with Crippen LogP contribution in [0.25, 0.3) is 0 Å². The number of carbonyl (C=O) groups excluding carboxylic acids is 3. The summed E-state index contributed by atoms with van der Waals surface area (Å²) < 4.78 is 4.69. The highest BCUT2D eigenvalue weighted by Crippen LogP contribution is 2.60. The predicted molar refractivity (Wildman–Crippen MR) is 128 cm³/mol. The molecule has 4 saturated carbocycles. The van der Waals surface area contributed by atoms with Crippen LogP contribution in [-0.2, 0) is 22.6 Å². The van der Waals surface area contributed by atoms with Gasteiger partial charge >= 0.3 is 5.97 Å². The summed E-state index contributed by atoms with van der Waals surface area (Å²) in [6.07, 6.45) is 7.18. The third kappa shape index (κ3) is 4.59. The largest absolute Gasteiger partial charge is 0.465 e. The van der Waals surface area contributed by atoms with Crippen molar-refractivity contribution in [2.24, 2.45) is 23.2 Å². The van der Waals surface area contributed by atoms with Crippen molar-refractivity contribution in [1.82, 2.24) is 10.6 Å². The Balaban J connectivity index is 1.12. The fourth-order valence-electron chi connectivity index (χ4n) is 6.69. The molecule has 0 saturated heterocycles. The molecule has 0 unspecified atom stereocenters.